The topological polar surface area (TPSA) is 99.1 Å². The van der Waals surface area contributed by atoms with Crippen molar-refractivity contribution in [3.05, 3.63) is 29.8 Å². The Labute approximate surface area is 136 Å². The number of carbonyl (C=O) groups excluding carboxylic acids is 1. The van der Waals surface area contributed by atoms with Crippen molar-refractivity contribution in [3.63, 3.8) is 0 Å². The van der Waals surface area contributed by atoms with E-state index in [1.54, 1.807) is 18.2 Å². The van der Waals surface area contributed by atoms with Gasteiger partial charge in [-0.1, -0.05) is 25.0 Å². The summed E-state index contributed by atoms with van der Waals surface area (Å²) in [6.45, 7) is 1.82. The third kappa shape index (κ3) is 4.23. The Balaban J connectivity index is 2.12. The van der Waals surface area contributed by atoms with E-state index in [0.717, 1.165) is 24.7 Å². The van der Waals surface area contributed by atoms with Crippen LogP contribution >= 0.6 is 0 Å². The van der Waals surface area contributed by atoms with E-state index in [2.05, 4.69) is 16.1 Å². The van der Waals surface area contributed by atoms with Crippen LogP contribution in [0.25, 0.3) is 0 Å². The van der Waals surface area contributed by atoms with Gasteiger partial charge in [-0.3, -0.25) is 9.52 Å². The number of hydrogen-bond donors (Lipinski definition) is 2. The van der Waals surface area contributed by atoms with Crippen LogP contribution in [0.1, 0.15) is 44.2 Å². The van der Waals surface area contributed by atoms with Gasteiger partial charge in [0.2, 0.25) is 15.9 Å². The monoisotopic (exact) mass is 335 g/mol. The number of anilines is 1. The van der Waals surface area contributed by atoms with Gasteiger partial charge in [-0.25, -0.2) is 8.42 Å². The summed E-state index contributed by atoms with van der Waals surface area (Å²) in [5, 5.41) is 12.2. The second-order valence-corrected chi connectivity index (χ2v) is 7.84. The fraction of sp³-hybridized carbons (Fsp3) is 0.500. The molecule has 1 aromatic carbocycles. The third-order valence-corrected chi connectivity index (χ3v) is 4.75. The molecule has 0 unspecified atom stereocenters. The van der Waals surface area contributed by atoms with Crippen LogP contribution in [0.15, 0.2) is 24.3 Å². The van der Waals surface area contributed by atoms with E-state index < -0.39 is 15.4 Å². The number of benzene rings is 1. The Morgan fingerprint density at radius 1 is 1.35 bits per heavy atom. The molecule has 2 N–H and O–H groups in total. The molecule has 1 amide bonds. The molecule has 0 bridgehead atoms. The van der Waals surface area contributed by atoms with Crippen molar-refractivity contribution in [3.8, 4) is 6.07 Å². The van der Waals surface area contributed by atoms with Crippen molar-refractivity contribution in [1.29, 1.82) is 5.26 Å². The van der Waals surface area contributed by atoms with Gasteiger partial charge in [0.05, 0.1) is 18.4 Å². The first-order valence-electron chi connectivity index (χ1n) is 7.56. The van der Waals surface area contributed by atoms with E-state index in [1.807, 2.05) is 13.0 Å². The second kappa shape index (κ2) is 6.59. The molecular formula is C16H21N3O3S. The fourth-order valence-corrected chi connectivity index (χ4v) is 3.43. The summed E-state index contributed by atoms with van der Waals surface area (Å²) in [6, 6.07) is 8.72. The highest BCUT2D eigenvalue weighted by atomic mass is 32.2. The molecule has 6 nitrogen and oxygen atoms in total. The van der Waals surface area contributed by atoms with Gasteiger partial charge >= 0.3 is 0 Å². The highest BCUT2D eigenvalue weighted by Crippen LogP contribution is 2.38. The van der Waals surface area contributed by atoms with Gasteiger partial charge < -0.3 is 5.32 Å². The Hall–Kier alpha value is -2.07. The molecule has 1 atom stereocenters. The van der Waals surface area contributed by atoms with E-state index in [4.69, 9.17) is 0 Å². The van der Waals surface area contributed by atoms with Crippen LogP contribution in [-0.4, -0.2) is 20.6 Å². The number of hydrogen-bond acceptors (Lipinski definition) is 4. The molecule has 0 radical (unpaired) electrons. The van der Waals surface area contributed by atoms with Crippen LogP contribution < -0.4 is 10.0 Å². The van der Waals surface area contributed by atoms with Gasteiger partial charge in [0.15, 0.2) is 0 Å². The van der Waals surface area contributed by atoms with Crippen molar-refractivity contribution in [2.24, 2.45) is 5.41 Å². The zero-order valence-electron chi connectivity index (χ0n) is 13.3. The minimum Gasteiger partial charge on any atom is -0.348 e. The molecule has 23 heavy (non-hydrogen) atoms. The second-order valence-electron chi connectivity index (χ2n) is 6.10. The summed E-state index contributed by atoms with van der Waals surface area (Å²) in [5.41, 5.74) is 0.303. The fourth-order valence-electron chi connectivity index (χ4n) is 2.87. The summed E-state index contributed by atoms with van der Waals surface area (Å²) >= 11 is 0. The molecule has 1 saturated carbocycles. The highest BCUT2D eigenvalue weighted by Gasteiger charge is 2.41. The highest BCUT2D eigenvalue weighted by molar-refractivity contribution is 7.92. The lowest BCUT2D eigenvalue weighted by atomic mass is 9.86. The Bertz CT molecular complexity index is 731. The molecule has 1 aliphatic rings. The minimum atomic E-state index is -3.35. The first kappa shape index (κ1) is 17.3. The lowest BCUT2D eigenvalue weighted by molar-refractivity contribution is -0.128. The zero-order chi connectivity index (χ0) is 17.1. The summed E-state index contributed by atoms with van der Waals surface area (Å²) in [6.07, 6.45) is 4.06. The Morgan fingerprint density at radius 3 is 2.57 bits per heavy atom. The number of nitrogens with one attached hydrogen (secondary N) is 2. The number of carbonyl (C=O) groups is 1. The van der Waals surface area contributed by atoms with Gasteiger partial charge in [-0.15, -0.1) is 0 Å². The molecule has 0 spiro atoms. The predicted octanol–water partition coefficient (Wildman–Crippen LogP) is 2.32. The lowest BCUT2D eigenvalue weighted by Crippen LogP contribution is -2.39. The van der Waals surface area contributed by atoms with E-state index >= 15 is 0 Å². The van der Waals surface area contributed by atoms with Crippen molar-refractivity contribution < 1.29 is 13.2 Å². The predicted molar refractivity (Wildman–Crippen MR) is 88.0 cm³/mol. The van der Waals surface area contributed by atoms with Crippen molar-refractivity contribution >= 4 is 21.6 Å². The number of sulfonamides is 1. The number of nitrogens with zero attached hydrogens (tertiary/aromatic N) is 1. The molecule has 0 aromatic heterocycles. The lowest BCUT2D eigenvalue weighted by Gasteiger charge is -2.23. The number of rotatable bonds is 5. The molecular weight excluding hydrogens is 314 g/mol. The summed E-state index contributed by atoms with van der Waals surface area (Å²) in [5.74, 6) is -0.244. The molecule has 1 aromatic rings. The van der Waals surface area contributed by atoms with Crippen LogP contribution in [0.5, 0.6) is 0 Å². The van der Waals surface area contributed by atoms with E-state index in [0.29, 0.717) is 18.5 Å². The third-order valence-electron chi connectivity index (χ3n) is 4.14. The van der Waals surface area contributed by atoms with Crippen LogP contribution in [0, 0.1) is 16.7 Å². The standard InChI is InChI=1S/C16H21N3O3S/c1-12(18-15(20)16(11-17)8-3-4-9-16)13-6-5-7-14(10-13)19-23(2,21)22/h5-7,10,12,19H,3-4,8-9H2,1-2H3,(H,18,20)/t12-/m1/s1. The summed E-state index contributed by atoms with van der Waals surface area (Å²) < 4.78 is 25.0. The average molecular weight is 335 g/mol. The van der Waals surface area contributed by atoms with E-state index in [-0.39, 0.29) is 11.9 Å². The van der Waals surface area contributed by atoms with Gasteiger partial charge in [0, 0.05) is 5.69 Å². The van der Waals surface area contributed by atoms with Gasteiger partial charge in [-0.05, 0) is 37.5 Å². The molecule has 0 heterocycles. The number of amides is 1. The van der Waals surface area contributed by atoms with Crippen LogP contribution in [-0.2, 0) is 14.8 Å². The van der Waals surface area contributed by atoms with Crippen molar-refractivity contribution in [2.45, 2.75) is 38.6 Å². The first-order valence-corrected chi connectivity index (χ1v) is 9.45. The molecule has 0 aliphatic heterocycles. The van der Waals surface area contributed by atoms with E-state index in [9.17, 15) is 18.5 Å². The molecule has 124 valence electrons. The van der Waals surface area contributed by atoms with Gasteiger partial charge in [-0.2, -0.15) is 5.26 Å². The van der Waals surface area contributed by atoms with Crippen LogP contribution in [0.2, 0.25) is 0 Å². The Morgan fingerprint density at radius 2 is 2.00 bits per heavy atom. The maximum Gasteiger partial charge on any atom is 0.240 e. The van der Waals surface area contributed by atoms with E-state index in [1.165, 1.54) is 0 Å². The zero-order valence-corrected chi connectivity index (χ0v) is 14.1. The normalized spacial score (nSPS) is 18.0. The van der Waals surface area contributed by atoms with Gasteiger partial charge in [0.25, 0.3) is 0 Å². The maximum absolute atomic E-state index is 12.5. The van der Waals surface area contributed by atoms with Crippen molar-refractivity contribution in [2.75, 3.05) is 11.0 Å². The summed E-state index contributed by atoms with van der Waals surface area (Å²) in [7, 11) is -3.35. The minimum absolute atomic E-state index is 0.244. The van der Waals surface area contributed by atoms with Gasteiger partial charge in [0.1, 0.15) is 5.41 Å². The smallest absolute Gasteiger partial charge is 0.240 e. The Kier molecular flexibility index (Phi) is 4.95. The largest absolute Gasteiger partial charge is 0.348 e. The molecule has 1 fully saturated rings. The SMILES string of the molecule is C[C@@H](NC(=O)C1(C#N)CCCC1)c1cccc(NS(C)(=O)=O)c1. The quantitative estimate of drug-likeness (QED) is 0.862. The molecule has 7 heteroatoms. The molecule has 1 aliphatic carbocycles. The number of nitriles is 1. The van der Waals surface area contributed by atoms with Crippen molar-refractivity contribution in [1.82, 2.24) is 5.32 Å². The summed E-state index contributed by atoms with van der Waals surface area (Å²) in [4.78, 5) is 12.5. The molecule has 2 rings (SSSR count). The average Bonchev–Trinajstić information content (AvgIpc) is 2.96. The maximum atomic E-state index is 12.5. The molecule has 0 saturated heterocycles. The first-order chi connectivity index (χ1) is 10.8. The van der Waals surface area contributed by atoms with Crippen LogP contribution in [0.4, 0.5) is 5.69 Å². The van der Waals surface area contributed by atoms with Crippen LogP contribution in [0.3, 0.4) is 0 Å².